The van der Waals surface area contributed by atoms with Crippen molar-refractivity contribution in [2.24, 2.45) is 0 Å². The lowest BCUT2D eigenvalue weighted by atomic mass is 9.99. The van der Waals surface area contributed by atoms with Gasteiger partial charge in [-0.15, -0.1) is 0 Å². The molecule has 3 aromatic rings. The molecule has 24 heavy (non-hydrogen) atoms. The van der Waals surface area contributed by atoms with Crippen LogP contribution in [0.15, 0.2) is 30.6 Å². The van der Waals surface area contributed by atoms with Crippen LogP contribution in [0, 0.1) is 5.82 Å². The molecule has 3 heterocycles. The fourth-order valence-corrected chi connectivity index (χ4v) is 4.52. The van der Waals surface area contributed by atoms with Gasteiger partial charge in [0.15, 0.2) is 6.04 Å². The highest BCUT2D eigenvalue weighted by molar-refractivity contribution is 7.17. The highest BCUT2D eigenvalue weighted by Crippen LogP contribution is 2.35. The monoisotopic (exact) mass is 349 g/mol. The van der Waals surface area contributed by atoms with E-state index in [1.807, 2.05) is 6.07 Å². The molecule has 1 saturated heterocycles. The summed E-state index contributed by atoms with van der Waals surface area (Å²) in [7, 11) is 0. The van der Waals surface area contributed by atoms with Crippen LogP contribution in [0.2, 0.25) is 0 Å². The summed E-state index contributed by atoms with van der Waals surface area (Å²) in [6.07, 6.45) is 2.51. The molecule has 1 atom stereocenters. The fraction of sp³-hybridized carbons (Fsp3) is 0.375. The highest BCUT2D eigenvalue weighted by atomic mass is 32.1. The van der Waals surface area contributed by atoms with Gasteiger partial charge in [-0.05, 0) is 12.1 Å². The second kappa shape index (κ2) is 6.12. The number of rotatable bonds is 3. The van der Waals surface area contributed by atoms with Crippen LogP contribution in [-0.4, -0.2) is 44.0 Å². The second-order valence-corrected chi connectivity index (χ2v) is 7.13. The quantitative estimate of drug-likeness (QED) is 0.653. The Hall–Kier alpha value is -2.03. The predicted molar refractivity (Wildman–Crippen MR) is 86.7 cm³/mol. The van der Waals surface area contributed by atoms with Crippen molar-refractivity contribution in [1.29, 1.82) is 0 Å². The van der Waals surface area contributed by atoms with E-state index in [0.29, 0.717) is 17.8 Å². The van der Waals surface area contributed by atoms with Crippen LogP contribution in [0.1, 0.15) is 29.3 Å². The van der Waals surface area contributed by atoms with Gasteiger partial charge in [0.2, 0.25) is 10.8 Å². The number of nitrogens with one attached hydrogen (secondary N) is 1. The Balaban J connectivity index is 1.80. The lowest BCUT2D eigenvalue weighted by molar-refractivity contribution is -0.931. The molecule has 1 fully saturated rings. The molecule has 0 spiro atoms. The van der Waals surface area contributed by atoms with Gasteiger partial charge in [0.05, 0.1) is 19.2 Å². The molecule has 0 radical (unpaired) electrons. The normalized spacial score (nSPS) is 22.8. The number of hydrogen-bond acceptors (Lipinski definition) is 5. The predicted octanol–water partition coefficient (Wildman–Crippen LogP) is 0.764. The van der Waals surface area contributed by atoms with Crippen molar-refractivity contribution >= 4 is 16.3 Å². The Kier molecular flexibility index (Phi) is 3.95. The minimum atomic E-state index is -0.298. The van der Waals surface area contributed by atoms with Crippen LogP contribution in [0.25, 0.3) is 4.96 Å². The molecule has 0 amide bonds. The number of likely N-dealkylation sites (tertiary alicyclic amines) is 1. The van der Waals surface area contributed by atoms with Crippen molar-refractivity contribution in [3.63, 3.8) is 0 Å². The number of thiazole rings is 1. The maximum atomic E-state index is 13.8. The molecule has 0 unspecified atom stereocenters. The second-order valence-electron chi connectivity index (χ2n) is 6.12. The molecule has 0 bridgehead atoms. The lowest BCUT2D eigenvalue weighted by Gasteiger charge is -2.33. The van der Waals surface area contributed by atoms with Crippen LogP contribution in [-0.2, 0) is 0 Å². The minimum absolute atomic E-state index is 0.0559. The van der Waals surface area contributed by atoms with E-state index in [0.717, 1.165) is 23.5 Å². The van der Waals surface area contributed by atoms with Crippen molar-refractivity contribution in [3.8, 4) is 5.88 Å². The number of piperidine rings is 1. The molecule has 1 aromatic carbocycles. The van der Waals surface area contributed by atoms with Crippen LogP contribution < -0.4 is 4.90 Å². The lowest BCUT2D eigenvalue weighted by Crippen LogP contribution is -3.13. The Bertz CT molecular complexity index is 857. The third-order valence-corrected chi connectivity index (χ3v) is 5.69. The van der Waals surface area contributed by atoms with E-state index in [2.05, 4.69) is 10.1 Å². The van der Waals surface area contributed by atoms with Crippen molar-refractivity contribution in [3.05, 3.63) is 46.9 Å². The van der Waals surface area contributed by atoms with E-state index >= 15 is 0 Å². The largest absolute Gasteiger partial charge is 0.492 e. The van der Waals surface area contributed by atoms with Gasteiger partial charge in [-0.1, -0.05) is 23.5 Å². The molecule has 6 nitrogen and oxygen atoms in total. The van der Waals surface area contributed by atoms with Gasteiger partial charge in [0.1, 0.15) is 17.0 Å². The summed E-state index contributed by atoms with van der Waals surface area (Å²) < 4.78 is 15.2. The number of halogens is 1. The molecule has 1 aliphatic heterocycles. The smallest absolute Gasteiger partial charge is 0.235 e. The number of fused-ring (bicyclic) bond motifs is 1. The average Bonchev–Trinajstić information content (AvgIpc) is 3.14. The number of aliphatic hydroxyl groups is 1. The van der Waals surface area contributed by atoms with Gasteiger partial charge >= 0.3 is 0 Å². The van der Waals surface area contributed by atoms with Gasteiger partial charge in [-0.2, -0.15) is 9.61 Å². The van der Waals surface area contributed by atoms with Gasteiger partial charge in [0.25, 0.3) is 0 Å². The summed E-state index contributed by atoms with van der Waals surface area (Å²) in [4.78, 5) is 6.67. The van der Waals surface area contributed by atoms with E-state index in [-0.39, 0.29) is 23.8 Å². The van der Waals surface area contributed by atoms with Gasteiger partial charge in [-0.3, -0.25) is 0 Å². The third-order valence-electron chi connectivity index (χ3n) is 4.59. The van der Waals surface area contributed by atoms with Crippen molar-refractivity contribution in [2.45, 2.75) is 25.0 Å². The average molecular weight is 349 g/mol. The zero-order chi connectivity index (χ0) is 16.7. The zero-order valence-corrected chi connectivity index (χ0v) is 13.7. The van der Waals surface area contributed by atoms with Crippen LogP contribution in [0.3, 0.4) is 0 Å². The zero-order valence-electron chi connectivity index (χ0n) is 12.9. The molecular formula is C16H18FN4O2S+. The summed E-state index contributed by atoms with van der Waals surface area (Å²) in [5.74, 6) is -0.242. The molecule has 0 aliphatic carbocycles. The van der Waals surface area contributed by atoms with Crippen molar-refractivity contribution < 1.29 is 19.5 Å². The Morgan fingerprint density at radius 2 is 2.12 bits per heavy atom. The number of benzene rings is 1. The van der Waals surface area contributed by atoms with Crippen LogP contribution in [0.5, 0.6) is 5.88 Å². The summed E-state index contributed by atoms with van der Waals surface area (Å²) in [6.45, 7) is 1.52. The maximum absolute atomic E-state index is 13.8. The van der Waals surface area contributed by atoms with Gasteiger partial charge in [0, 0.05) is 18.4 Å². The van der Waals surface area contributed by atoms with E-state index in [9.17, 15) is 14.6 Å². The first kappa shape index (κ1) is 15.5. The molecular weight excluding hydrogens is 331 g/mol. The van der Waals surface area contributed by atoms with Crippen LogP contribution >= 0.6 is 11.3 Å². The van der Waals surface area contributed by atoms with Crippen LogP contribution in [0.4, 0.5) is 4.39 Å². The molecule has 1 aliphatic rings. The minimum Gasteiger partial charge on any atom is -0.492 e. The molecule has 3 N–H and O–H groups in total. The number of hydrogen-bond donors (Lipinski definition) is 3. The first-order valence-electron chi connectivity index (χ1n) is 7.93. The Morgan fingerprint density at radius 3 is 2.83 bits per heavy atom. The molecule has 0 saturated carbocycles. The highest BCUT2D eigenvalue weighted by Gasteiger charge is 2.35. The molecule has 2 aromatic heterocycles. The maximum Gasteiger partial charge on any atom is 0.235 e. The topological polar surface area (TPSA) is 75.1 Å². The van der Waals surface area contributed by atoms with Crippen molar-refractivity contribution in [2.75, 3.05) is 13.1 Å². The van der Waals surface area contributed by atoms with E-state index < -0.39 is 0 Å². The summed E-state index contributed by atoms with van der Waals surface area (Å²) in [6, 6.07) is 6.28. The fourth-order valence-electron chi connectivity index (χ4n) is 3.40. The first-order valence-corrected chi connectivity index (χ1v) is 8.74. The van der Waals surface area contributed by atoms with Crippen molar-refractivity contribution in [1.82, 2.24) is 14.6 Å². The van der Waals surface area contributed by atoms with Gasteiger partial charge < -0.3 is 15.1 Å². The molecule has 8 heteroatoms. The van der Waals surface area contributed by atoms with E-state index in [1.165, 1.54) is 39.2 Å². The SMILES string of the molecule is Oc1c([C@@H](c2cccc(F)c2)[NH+]2CCC(O)CC2)sc2ncnn12. The summed E-state index contributed by atoms with van der Waals surface area (Å²) in [5.41, 5.74) is 0.807. The number of nitrogens with zero attached hydrogens (tertiary/aromatic N) is 3. The summed E-state index contributed by atoms with van der Waals surface area (Å²) in [5, 5.41) is 24.4. The standard InChI is InChI=1S/C16H17FN4O2S/c17-11-3-1-2-10(8-11)13(20-6-4-12(22)5-7-20)14-15(23)21-16(24-14)18-9-19-21/h1-3,8-9,12-13,22-23H,4-7H2/p+1/t13-/m1/s1. The third kappa shape index (κ3) is 2.66. The first-order chi connectivity index (χ1) is 11.6. The molecule has 126 valence electrons. The summed E-state index contributed by atoms with van der Waals surface area (Å²) >= 11 is 1.37. The van der Waals surface area contributed by atoms with Gasteiger partial charge in [-0.25, -0.2) is 9.37 Å². The Morgan fingerprint density at radius 1 is 1.33 bits per heavy atom. The Labute approximate surface area is 141 Å². The molecule has 4 rings (SSSR count). The van der Waals surface area contributed by atoms with E-state index in [1.54, 1.807) is 6.07 Å². The number of aromatic hydroxyl groups is 1. The number of aliphatic hydroxyl groups excluding tert-OH is 1. The number of quaternary nitrogens is 1. The number of aromatic nitrogens is 3. The van der Waals surface area contributed by atoms with E-state index in [4.69, 9.17) is 0 Å².